The Kier molecular flexibility index (Phi) is 4.16. The topological polar surface area (TPSA) is 57.5 Å². The maximum Gasteiger partial charge on any atom is 0.310 e. The fraction of sp³-hybridized carbons (Fsp3) is 0.417. The Labute approximate surface area is 89.4 Å². The average Bonchev–Trinajstić information content (AvgIpc) is 2.18. The summed E-state index contributed by atoms with van der Waals surface area (Å²) in [7, 11) is 0. The Morgan fingerprint density at radius 1 is 1.47 bits per heavy atom. The molecule has 0 radical (unpaired) electrons. The molecule has 1 atom stereocenters. The van der Waals surface area contributed by atoms with E-state index in [1.165, 1.54) is 6.07 Å². The van der Waals surface area contributed by atoms with E-state index in [0.29, 0.717) is 12.0 Å². The van der Waals surface area contributed by atoms with E-state index in [2.05, 4.69) is 0 Å². The van der Waals surface area contributed by atoms with Crippen molar-refractivity contribution in [2.24, 2.45) is 0 Å². The zero-order valence-electron chi connectivity index (χ0n) is 8.81. The maximum absolute atomic E-state index is 11.0. The molecule has 0 aliphatic heterocycles. The van der Waals surface area contributed by atoms with Crippen LogP contribution in [0.3, 0.4) is 0 Å². The van der Waals surface area contributed by atoms with Crippen molar-refractivity contribution in [2.75, 3.05) is 0 Å². The third-order valence-electron chi connectivity index (χ3n) is 2.42. The molecule has 0 saturated heterocycles. The fourth-order valence-electron chi connectivity index (χ4n) is 1.58. The van der Waals surface area contributed by atoms with Gasteiger partial charge in [-0.1, -0.05) is 31.9 Å². The molecule has 0 amide bonds. The van der Waals surface area contributed by atoms with Crippen LogP contribution in [0.15, 0.2) is 24.3 Å². The lowest BCUT2D eigenvalue weighted by Gasteiger charge is -2.12. The van der Waals surface area contributed by atoms with Gasteiger partial charge in [0.1, 0.15) is 5.75 Å². The zero-order valence-corrected chi connectivity index (χ0v) is 8.81. The number of aromatic hydroxyl groups is 1. The number of phenolic OH excluding ortho intramolecular Hbond substituents is 1. The first-order valence-electron chi connectivity index (χ1n) is 5.17. The van der Waals surface area contributed by atoms with Crippen LogP contribution in [0.1, 0.15) is 37.7 Å². The number of carbonyl (C=O) groups is 1. The lowest BCUT2D eigenvalue weighted by atomic mass is 9.94. The second-order valence-corrected chi connectivity index (χ2v) is 3.63. The van der Waals surface area contributed by atoms with Gasteiger partial charge in [0.25, 0.3) is 0 Å². The number of unbranched alkanes of at least 4 members (excludes halogenated alkanes) is 1. The second kappa shape index (κ2) is 5.39. The molecule has 82 valence electrons. The van der Waals surface area contributed by atoms with E-state index in [1.807, 2.05) is 6.92 Å². The van der Waals surface area contributed by atoms with Crippen molar-refractivity contribution in [3.8, 4) is 5.75 Å². The first-order chi connectivity index (χ1) is 7.15. The number of carboxylic acids is 1. The van der Waals surface area contributed by atoms with E-state index in [9.17, 15) is 9.90 Å². The molecule has 1 unspecified atom stereocenters. The predicted molar refractivity (Wildman–Crippen MR) is 58.0 cm³/mol. The molecule has 0 aromatic heterocycles. The van der Waals surface area contributed by atoms with Crippen LogP contribution >= 0.6 is 0 Å². The number of carboxylic acid groups (broad SMARTS) is 1. The van der Waals surface area contributed by atoms with Crippen LogP contribution in [0.25, 0.3) is 0 Å². The van der Waals surface area contributed by atoms with Crippen LogP contribution in [-0.4, -0.2) is 16.2 Å². The third-order valence-corrected chi connectivity index (χ3v) is 2.42. The lowest BCUT2D eigenvalue weighted by molar-refractivity contribution is -0.139. The largest absolute Gasteiger partial charge is 0.508 e. The van der Waals surface area contributed by atoms with Crippen molar-refractivity contribution >= 4 is 5.97 Å². The summed E-state index contributed by atoms with van der Waals surface area (Å²) in [5, 5.41) is 18.3. The number of hydrogen-bond donors (Lipinski definition) is 2. The van der Waals surface area contributed by atoms with Gasteiger partial charge >= 0.3 is 5.97 Å². The van der Waals surface area contributed by atoms with Crippen molar-refractivity contribution in [1.82, 2.24) is 0 Å². The van der Waals surface area contributed by atoms with Gasteiger partial charge in [-0.05, 0) is 24.1 Å². The van der Waals surface area contributed by atoms with E-state index in [0.717, 1.165) is 12.8 Å². The van der Waals surface area contributed by atoms with Crippen molar-refractivity contribution in [2.45, 2.75) is 32.1 Å². The second-order valence-electron chi connectivity index (χ2n) is 3.63. The van der Waals surface area contributed by atoms with Gasteiger partial charge in [0.05, 0.1) is 5.92 Å². The summed E-state index contributed by atoms with van der Waals surface area (Å²) in [6.07, 6.45) is 2.48. The first-order valence-corrected chi connectivity index (χ1v) is 5.17. The van der Waals surface area contributed by atoms with E-state index in [4.69, 9.17) is 5.11 Å². The Morgan fingerprint density at radius 2 is 2.20 bits per heavy atom. The van der Waals surface area contributed by atoms with Crippen LogP contribution in [0, 0.1) is 0 Å². The van der Waals surface area contributed by atoms with E-state index in [-0.39, 0.29) is 5.75 Å². The Bertz CT molecular complexity index is 333. The molecule has 0 saturated carbocycles. The number of hydrogen-bond acceptors (Lipinski definition) is 2. The Hall–Kier alpha value is -1.51. The molecule has 15 heavy (non-hydrogen) atoms. The van der Waals surface area contributed by atoms with E-state index < -0.39 is 11.9 Å². The molecular weight excluding hydrogens is 192 g/mol. The molecule has 1 aromatic carbocycles. The summed E-state index contributed by atoms with van der Waals surface area (Å²) in [4.78, 5) is 11.0. The van der Waals surface area contributed by atoms with Gasteiger partial charge in [0.2, 0.25) is 0 Å². The average molecular weight is 208 g/mol. The molecular formula is C12H16O3. The van der Waals surface area contributed by atoms with Gasteiger partial charge in [0, 0.05) is 0 Å². The van der Waals surface area contributed by atoms with Crippen LogP contribution in [0.5, 0.6) is 5.75 Å². The molecule has 2 N–H and O–H groups in total. The molecule has 0 aliphatic rings. The fourth-order valence-corrected chi connectivity index (χ4v) is 1.58. The zero-order chi connectivity index (χ0) is 11.3. The minimum atomic E-state index is -0.825. The smallest absolute Gasteiger partial charge is 0.310 e. The van der Waals surface area contributed by atoms with Gasteiger partial charge in [-0.2, -0.15) is 0 Å². The predicted octanol–water partition coefficient (Wildman–Crippen LogP) is 2.75. The van der Waals surface area contributed by atoms with Crippen LogP contribution in [-0.2, 0) is 4.79 Å². The Balaban J connectivity index is 2.84. The normalized spacial score (nSPS) is 12.3. The van der Waals surface area contributed by atoms with E-state index in [1.54, 1.807) is 18.2 Å². The number of phenols is 1. The monoisotopic (exact) mass is 208 g/mol. The van der Waals surface area contributed by atoms with Crippen LogP contribution < -0.4 is 0 Å². The van der Waals surface area contributed by atoms with Gasteiger partial charge in [-0.25, -0.2) is 0 Å². The van der Waals surface area contributed by atoms with Crippen molar-refractivity contribution < 1.29 is 15.0 Å². The minimum absolute atomic E-state index is 0.121. The minimum Gasteiger partial charge on any atom is -0.508 e. The van der Waals surface area contributed by atoms with E-state index >= 15 is 0 Å². The van der Waals surface area contributed by atoms with Crippen molar-refractivity contribution in [3.05, 3.63) is 29.8 Å². The van der Waals surface area contributed by atoms with Gasteiger partial charge in [0.15, 0.2) is 0 Å². The van der Waals surface area contributed by atoms with Crippen molar-refractivity contribution in [1.29, 1.82) is 0 Å². The molecule has 1 rings (SSSR count). The summed E-state index contributed by atoms with van der Waals surface area (Å²) >= 11 is 0. The third kappa shape index (κ3) is 3.27. The quantitative estimate of drug-likeness (QED) is 0.782. The van der Waals surface area contributed by atoms with Crippen LogP contribution in [0.4, 0.5) is 0 Å². The SMILES string of the molecule is CCCCC(C(=O)O)c1cccc(O)c1. The highest BCUT2D eigenvalue weighted by atomic mass is 16.4. The summed E-state index contributed by atoms with van der Waals surface area (Å²) < 4.78 is 0. The number of benzene rings is 1. The molecule has 0 heterocycles. The lowest BCUT2D eigenvalue weighted by Crippen LogP contribution is -2.11. The highest BCUT2D eigenvalue weighted by Gasteiger charge is 2.19. The molecule has 0 fully saturated rings. The summed E-state index contributed by atoms with van der Waals surface area (Å²) in [5.41, 5.74) is 0.677. The number of aliphatic carboxylic acids is 1. The van der Waals surface area contributed by atoms with Gasteiger partial charge in [-0.15, -0.1) is 0 Å². The highest BCUT2D eigenvalue weighted by Crippen LogP contribution is 2.25. The standard InChI is InChI=1S/C12H16O3/c1-2-3-7-11(12(14)15)9-5-4-6-10(13)8-9/h4-6,8,11,13H,2-3,7H2,1H3,(H,14,15). The van der Waals surface area contributed by atoms with Gasteiger partial charge in [-0.3, -0.25) is 4.79 Å². The summed E-state index contributed by atoms with van der Waals surface area (Å²) in [6.45, 7) is 2.03. The van der Waals surface area contributed by atoms with Crippen molar-refractivity contribution in [3.63, 3.8) is 0 Å². The molecule has 0 aliphatic carbocycles. The molecule has 0 spiro atoms. The highest BCUT2D eigenvalue weighted by molar-refractivity contribution is 5.76. The molecule has 3 nitrogen and oxygen atoms in total. The first kappa shape index (κ1) is 11.6. The Morgan fingerprint density at radius 3 is 2.73 bits per heavy atom. The number of rotatable bonds is 5. The molecule has 1 aromatic rings. The summed E-state index contributed by atoms with van der Waals surface area (Å²) in [6, 6.07) is 6.48. The van der Waals surface area contributed by atoms with Crippen LogP contribution in [0.2, 0.25) is 0 Å². The van der Waals surface area contributed by atoms with Gasteiger partial charge < -0.3 is 10.2 Å². The maximum atomic E-state index is 11.0. The molecule has 3 heteroatoms. The summed E-state index contributed by atoms with van der Waals surface area (Å²) in [5.74, 6) is -1.21. The molecule has 0 bridgehead atoms.